The van der Waals surface area contributed by atoms with Crippen molar-refractivity contribution in [2.75, 3.05) is 10.6 Å². The predicted molar refractivity (Wildman–Crippen MR) is 211 cm³/mol. The molecule has 0 aliphatic rings. The molecule has 8 rings (SSSR count). The minimum Gasteiger partial charge on any atom is -0.315 e. The van der Waals surface area contributed by atoms with Crippen molar-refractivity contribution in [1.82, 2.24) is 57.5 Å². The topological polar surface area (TPSA) is 233 Å². The fraction of sp³-hybridized carbons (Fsp3) is 0.158. The Hall–Kier alpha value is -8.16. The van der Waals surface area contributed by atoms with Gasteiger partial charge in [-0.1, -0.05) is 36.4 Å². The first kappa shape index (κ1) is 36.8. The first-order chi connectivity index (χ1) is 28.0. The number of anilines is 2. The number of rotatable bonds is 10. The second kappa shape index (κ2) is 14.8. The van der Waals surface area contributed by atoms with E-state index < -0.39 is 34.3 Å². The van der Waals surface area contributed by atoms with Gasteiger partial charge in [0.15, 0.2) is 28.1 Å². The molecule has 0 unspecified atom stereocenters. The fourth-order valence-electron chi connectivity index (χ4n) is 6.42. The van der Waals surface area contributed by atoms with Crippen LogP contribution in [0.1, 0.15) is 5.56 Å². The molecule has 58 heavy (non-hydrogen) atoms. The Bertz CT molecular complexity index is 3120. The molecule has 0 fully saturated rings. The van der Waals surface area contributed by atoms with Crippen LogP contribution in [-0.4, -0.2) is 69.4 Å². The summed E-state index contributed by atoms with van der Waals surface area (Å²) < 4.78 is 7.22. The monoisotopic (exact) mass is 780 g/mol. The van der Waals surface area contributed by atoms with Crippen LogP contribution in [0.15, 0.2) is 111 Å². The molecule has 1 aromatic carbocycles. The van der Waals surface area contributed by atoms with E-state index in [9.17, 15) is 28.8 Å². The Morgan fingerprint density at radius 3 is 1.79 bits per heavy atom. The van der Waals surface area contributed by atoms with Gasteiger partial charge in [-0.3, -0.25) is 42.4 Å². The maximum absolute atomic E-state index is 13.7. The summed E-state index contributed by atoms with van der Waals surface area (Å²) in [6.07, 6.45) is 5.71. The highest BCUT2D eigenvalue weighted by Gasteiger charge is 2.19. The van der Waals surface area contributed by atoms with Crippen LogP contribution in [0.3, 0.4) is 0 Å². The molecule has 8 aromatic rings. The van der Waals surface area contributed by atoms with Gasteiger partial charge in [0.25, 0.3) is 11.1 Å². The summed E-state index contributed by atoms with van der Waals surface area (Å²) in [5.74, 6) is -0.459. The van der Waals surface area contributed by atoms with Gasteiger partial charge in [0.05, 0.1) is 30.6 Å². The van der Waals surface area contributed by atoms with Gasteiger partial charge in [-0.15, -0.1) is 10.2 Å². The molecular formula is C38H32N14O6. The predicted octanol–water partition coefficient (Wildman–Crippen LogP) is 0.884. The Balaban J connectivity index is 0.935. The molecule has 20 heteroatoms. The van der Waals surface area contributed by atoms with Crippen molar-refractivity contribution in [3.8, 4) is 22.5 Å². The lowest BCUT2D eigenvalue weighted by Gasteiger charge is -2.11. The summed E-state index contributed by atoms with van der Waals surface area (Å²) >= 11 is 0. The molecule has 0 radical (unpaired) electrons. The molecule has 20 nitrogen and oxygen atoms in total. The quantitative estimate of drug-likeness (QED) is 0.197. The van der Waals surface area contributed by atoms with Gasteiger partial charge < -0.3 is 19.8 Å². The number of aromatic nitrogens is 12. The molecule has 290 valence electrons. The highest BCUT2D eigenvalue weighted by Crippen LogP contribution is 2.19. The molecule has 0 atom stereocenters. The number of imidazole rings is 2. The maximum Gasteiger partial charge on any atom is 0.332 e. The molecule has 0 bridgehead atoms. The number of amides is 2. The van der Waals surface area contributed by atoms with Gasteiger partial charge in [0.2, 0.25) is 11.8 Å². The van der Waals surface area contributed by atoms with E-state index in [1.165, 1.54) is 64.5 Å². The minimum absolute atomic E-state index is 0.0696. The summed E-state index contributed by atoms with van der Waals surface area (Å²) in [4.78, 5) is 95.0. The first-order valence-corrected chi connectivity index (χ1v) is 17.6. The molecule has 0 saturated carbocycles. The highest BCUT2D eigenvalue weighted by atomic mass is 16.2. The van der Waals surface area contributed by atoms with Crippen molar-refractivity contribution >= 4 is 45.8 Å². The number of benzene rings is 1. The third kappa shape index (κ3) is 6.84. The zero-order valence-electron chi connectivity index (χ0n) is 31.1. The third-order valence-electron chi connectivity index (χ3n) is 9.44. The maximum atomic E-state index is 13.7. The lowest BCUT2D eigenvalue weighted by atomic mass is 10.1. The molecule has 0 spiro atoms. The van der Waals surface area contributed by atoms with Crippen LogP contribution in [0.25, 0.3) is 44.8 Å². The van der Waals surface area contributed by atoms with E-state index in [-0.39, 0.29) is 53.6 Å². The van der Waals surface area contributed by atoms with Gasteiger partial charge in [-0.25, -0.2) is 24.5 Å². The van der Waals surface area contributed by atoms with E-state index in [0.717, 1.165) is 14.7 Å². The minimum atomic E-state index is -0.629. The zero-order chi connectivity index (χ0) is 40.7. The summed E-state index contributed by atoms with van der Waals surface area (Å²) in [5, 5.41) is 13.6. The average molecular weight is 781 g/mol. The number of fused-ring (bicyclic) bond motifs is 2. The van der Waals surface area contributed by atoms with E-state index in [1.54, 1.807) is 36.4 Å². The fourth-order valence-corrected chi connectivity index (χ4v) is 6.42. The summed E-state index contributed by atoms with van der Waals surface area (Å²) in [5.41, 5.74) is 1.42. The lowest BCUT2D eigenvalue weighted by molar-refractivity contribution is -0.117. The Morgan fingerprint density at radius 1 is 0.569 bits per heavy atom. The van der Waals surface area contributed by atoms with Crippen molar-refractivity contribution < 1.29 is 9.59 Å². The van der Waals surface area contributed by atoms with Crippen LogP contribution in [0.4, 0.5) is 11.6 Å². The number of carbonyl (C=O) groups is 2. The summed E-state index contributed by atoms with van der Waals surface area (Å²) in [6, 6.07) is 19.6. The second-order valence-electron chi connectivity index (χ2n) is 13.3. The van der Waals surface area contributed by atoms with E-state index in [4.69, 9.17) is 0 Å². The van der Waals surface area contributed by atoms with Crippen LogP contribution in [0.2, 0.25) is 0 Å². The van der Waals surface area contributed by atoms with Crippen molar-refractivity contribution in [2.45, 2.75) is 19.6 Å². The second-order valence-corrected chi connectivity index (χ2v) is 13.3. The molecule has 0 saturated heterocycles. The van der Waals surface area contributed by atoms with Crippen LogP contribution in [-0.2, 0) is 50.4 Å². The molecule has 2 amide bonds. The van der Waals surface area contributed by atoms with Gasteiger partial charge in [-0.2, -0.15) is 0 Å². The molecule has 0 aliphatic carbocycles. The number of aryl methyl sites for hydroxylation is 2. The third-order valence-corrected chi connectivity index (χ3v) is 9.44. The van der Waals surface area contributed by atoms with Gasteiger partial charge in [0, 0.05) is 44.7 Å². The molecular weight excluding hydrogens is 749 g/mol. The Morgan fingerprint density at radius 2 is 1.19 bits per heavy atom. The molecule has 7 aromatic heterocycles. The van der Waals surface area contributed by atoms with Crippen molar-refractivity contribution in [1.29, 1.82) is 0 Å². The molecule has 0 aliphatic heterocycles. The van der Waals surface area contributed by atoms with E-state index in [1.807, 2.05) is 30.3 Å². The van der Waals surface area contributed by atoms with E-state index in [0.29, 0.717) is 22.5 Å². The lowest BCUT2D eigenvalue weighted by Crippen LogP contribution is -2.40. The number of carbonyl (C=O) groups excluding carboxylic acids is 2. The highest BCUT2D eigenvalue weighted by molar-refractivity contribution is 5.91. The number of hydrogen-bond donors (Lipinski definition) is 2. The van der Waals surface area contributed by atoms with Crippen LogP contribution in [0.5, 0.6) is 0 Å². The smallest absolute Gasteiger partial charge is 0.315 e. The van der Waals surface area contributed by atoms with E-state index >= 15 is 0 Å². The van der Waals surface area contributed by atoms with Crippen molar-refractivity contribution in [3.05, 3.63) is 139 Å². The number of hydrogen-bond acceptors (Lipinski definition) is 12. The zero-order valence-corrected chi connectivity index (χ0v) is 31.1. The standard InChI is InChI=1S/C38H32N14O6/c1-47-33-31(35(55)49(3)37(47)57)50(20-41-33)18-29(53)43-27-13-10-24(16-40-27)25-11-9-22(15-39-25)17-52-36(56)32-34(48(2)38(52)58)42-21-51(32)19-30(54)44-28-14-12-26(45-46-28)23-7-5-4-6-8-23/h4-16,20-21H,17-19H2,1-3H3,(H,40,43,53)(H,44,46,54). The van der Waals surface area contributed by atoms with Gasteiger partial charge >= 0.3 is 11.4 Å². The van der Waals surface area contributed by atoms with Crippen molar-refractivity contribution in [2.24, 2.45) is 21.1 Å². The van der Waals surface area contributed by atoms with Crippen LogP contribution in [0, 0.1) is 0 Å². The summed E-state index contributed by atoms with van der Waals surface area (Å²) in [7, 11) is 4.34. The molecule has 7 heterocycles. The average Bonchev–Trinajstić information content (AvgIpc) is 3.85. The van der Waals surface area contributed by atoms with Crippen LogP contribution < -0.4 is 33.1 Å². The first-order valence-electron chi connectivity index (χ1n) is 17.6. The van der Waals surface area contributed by atoms with Crippen molar-refractivity contribution in [3.63, 3.8) is 0 Å². The normalized spacial score (nSPS) is 11.3. The van der Waals surface area contributed by atoms with Crippen LogP contribution >= 0.6 is 0 Å². The Labute approximate surface area is 325 Å². The van der Waals surface area contributed by atoms with Gasteiger partial charge in [-0.05, 0) is 35.9 Å². The Kier molecular flexibility index (Phi) is 9.40. The summed E-state index contributed by atoms with van der Waals surface area (Å²) in [6.45, 7) is -0.619. The number of nitrogens with zero attached hydrogens (tertiary/aromatic N) is 12. The van der Waals surface area contributed by atoms with E-state index in [2.05, 4.69) is 40.8 Å². The largest absolute Gasteiger partial charge is 0.332 e. The SMILES string of the molecule is Cn1c(=O)c2c(ncn2CC(=O)Nc2ccc(-c3ccc(Cn4c(=O)c5c(ncn5CC(=O)Nc5ccc(-c6ccccc6)nn5)n(C)c4=O)cn3)cn2)n(C)c1=O. The molecule has 2 N–H and O–H groups in total. The van der Waals surface area contributed by atoms with Gasteiger partial charge in [0.1, 0.15) is 18.9 Å². The number of nitrogens with one attached hydrogen (secondary N) is 2. The number of pyridine rings is 2.